The van der Waals surface area contributed by atoms with Crippen LogP contribution in [-0.2, 0) is 4.74 Å². The van der Waals surface area contributed by atoms with Crippen LogP contribution < -0.4 is 0 Å². The maximum absolute atomic E-state index is 12.9. The Balaban J connectivity index is 2.32. The van der Waals surface area contributed by atoms with Gasteiger partial charge in [-0.15, -0.1) is 0 Å². The van der Waals surface area contributed by atoms with E-state index < -0.39 is 5.54 Å². The number of carbonyl (C=O) groups is 1. The SMILES string of the molecule is CS[N+]1(C(C)(C)C(=O)c2ccccc2)CCOCC1. The molecule has 1 aromatic rings. The molecule has 0 aliphatic carbocycles. The number of carbonyl (C=O) groups excluding carboxylic acids is 1. The molecule has 1 heterocycles. The smallest absolute Gasteiger partial charge is 0.223 e. The highest BCUT2D eigenvalue weighted by Crippen LogP contribution is 2.37. The summed E-state index contributed by atoms with van der Waals surface area (Å²) in [5.74, 6) is 0.212. The summed E-state index contributed by atoms with van der Waals surface area (Å²) in [6.45, 7) is 7.34. The van der Waals surface area contributed by atoms with Crippen molar-refractivity contribution in [3.05, 3.63) is 35.9 Å². The van der Waals surface area contributed by atoms with Gasteiger partial charge in [0.05, 0.1) is 25.2 Å². The van der Waals surface area contributed by atoms with E-state index in [9.17, 15) is 4.79 Å². The third-order valence-corrected chi connectivity index (χ3v) is 5.67. The topological polar surface area (TPSA) is 26.3 Å². The molecule has 0 atom stereocenters. The van der Waals surface area contributed by atoms with E-state index in [1.807, 2.05) is 30.3 Å². The average molecular weight is 280 g/mol. The fraction of sp³-hybridized carbons (Fsp3) is 0.533. The molecule has 0 aromatic heterocycles. The summed E-state index contributed by atoms with van der Waals surface area (Å²) in [5.41, 5.74) is 0.357. The minimum Gasteiger partial charge on any atom is -0.370 e. The fourth-order valence-corrected chi connectivity index (χ4v) is 3.79. The number of quaternary nitrogens is 1. The standard InChI is InChI=1S/C15H22NO2S/c1-15(2,14(17)13-7-5-4-6-8-13)16(19-3)9-11-18-12-10-16/h4-8H,9-12H2,1-3H3/q+1. The number of benzene rings is 1. The van der Waals surface area contributed by atoms with E-state index in [2.05, 4.69) is 20.1 Å². The van der Waals surface area contributed by atoms with E-state index >= 15 is 0 Å². The summed E-state index contributed by atoms with van der Waals surface area (Å²) in [7, 11) is 0. The van der Waals surface area contributed by atoms with Crippen LogP contribution in [0.1, 0.15) is 24.2 Å². The quantitative estimate of drug-likeness (QED) is 0.482. The second-order valence-corrected chi connectivity index (χ2v) is 6.45. The Bertz CT molecular complexity index is 439. The van der Waals surface area contributed by atoms with Crippen molar-refractivity contribution in [3.8, 4) is 0 Å². The number of hydrogen-bond acceptors (Lipinski definition) is 3. The highest BCUT2D eigenvalue weighted by Gasteiger charge is 2.50. The molecule has 1 aromatic carbocycles. The van der Waals surface area contributed by atoms with Crippen LogP contribution in [0.3, 0.4) is 0 Å². The van der Waals surface area contributed by atoms with E-state index in [0.29, 0.717) is 0 Å². The third-order valence-electron chi connectivity index (χ3n) is 4.15. The Morgan fingerprint density at radius 3 is 2.32 bits per heavy atom. The lowest BCUT2D eigenvalue weighted by atomic mass is 9.91. The zero-order valence-electron chi connectivity index (χ0n) is 11.9. The van der Waals surface area contributed by atoms with Gasteiger partial charge >= 0.3 is 0 Å². The van der Waals surface area contributed by atoms with Gasteiger partial charge in [0.25, 0.3) is 0 Å². The molecule has 2 rings (SSSR count). The first-order chi connectivity index (χ1) is 9.03. The number of hydrogen-bond donors (Lipinski definition) is 0. The molecule has 0 radical (unpaired) electrons. The summed E-state index contributed by atoms with van der Waals surface area (Å²) >= 11 is 1.76. The Kier molecular flexibility index (Phi) is 4.33. The Morgan fingerprint density at radius 2 is 1.79 bits per heavy atom. The Hall–Kier alpha value is -0.840. The molecule has 0 saturated carbocycles. The van der Waals surface area contributed by atoms with Crippen molar-refractivity contribution in [1.29, 1.82) is 0 Å². The minimum absolute atomic E-state index is 0.212. The second-order valence-electron chi connectivity index (χ2n) is 5.39. The van der Waals surface area contributed by atoms with Gasteiger partial charge in [-0.3, -0.25) is 4.79 Å². The molecule has 0 N–H and O–H groups in total. The highest BCUT2D eigenvalue weighted by molar-refractivity contribution is 7.93. The van der Waals surface area contributed by atoms with Crippen molar-refractivity contribution >= 4 is 17.7 Å². The zero-order chi connectivity index (χ0) is 13.9. The van der Waals surface area contributed by atoms with Crippen molar-refractivity contribution in [3.63, 3.8) is 0 Å². The first-order valence-corrected chi connectivity index (χ1v) is 7.82. The number of ether oxygens (including phenoxy) is 1. The molecule has 0 amide bonds. The van der Waals surface area contributed by atoms with Crippen LogP contribution in [-0.4, -0.2) is 47.8 Å². The van der Waals surface area contributed by atoms with Gasteiger partial charge < -0.3 is 4.74 Å². The summed E-state index contributed by atoms with van der Waals surface area (Å²) in [4.78, 5) is 12.9. The van der Waals surface area contributed by atoms with Crippen LogP contribution in [0.5, 0.6) is 0 Å². The molecular formula is C15H22NO2S+. The molecule has 1 aliphatic rings. The number of nitrogens with zero attached hydrogens (tertiary/aromatic N) is 1. The van der Waals surface area contributed by atoms with Gasteiger partial charge in [0.2, 0.25) is 5.78 Å². The van der Waals surface area contributed by atoms with Crippen LogP contribution in [0, 0.1) is 0 Å². The van der Waals surface area contributed by atoms with Crippen LogP contribution >= 0.6 is 11.9 Å². The van der Waals surface area contributed by atoms with Gasteiger partial charge in [-0.2, -0.15) is 0 Å². The number of Topliss-reactive ketones (excluding diaryl/α,β-unsaturated/α-hetero) is 1. The first-order valence-electron chi connectivity index (χ1n) is 6.64. The Morgan fingerprint density at radius 1 is 1.21 bits per heavy atom. The third kappa shape index (κ3) is 2.57. The predicted octanol–water partition coefficient (Wildman–Crippen LogP) is 2.77. The van der Waals surface area contributed by atoms with Crippen LogP contribution in [0.2, 0.25) is 0 Å². The maximum atomic E-state index is 12.9. The predicted molar refractivity (Wildman–Crippen MR) is 79.2 cm³/mol. The van der Waals surface area contributed by atoms with Gasteiger partial charge in [0.1, 0.15) is 13.1 Å². The van der Waals surface area contributed by atoms with E-state index in [-0.39, 0.29) is 5.78 Å². The molecule has 104 valence electrons. The molecule has 0 unspecified atom stereocenters. The van der Waals surface area contributed by atoms with Crippen molar-refractivity contribution < 1.29 is 13.4 Å². The van der Waals surface area contributed by atoms with Crippen LogP contribution in [0.25, 0.3) is 0 Å². The molecule has 1 aliphatic heterocycles. The lowest BCUT2D eigenvalue weighted by molar-refractivity contribution is -0.844. The van der Waals surface area contributed by atoms with Crippen LogP contribution in [0.15, 0.2) is 30.3 Å². The lowest BCUT2D eigenvalue weighted by Crippen LogP contribution is -2.64. The molecular weight excluding hydrogens is 258 g/mol. The van der Waals surface area contributed by atoms with Gasteiger partial charge in [0.15, 0.2) is 5.54 Å². The zero-order valence-corrected chi connectivity index (χ0v) is 12.7. The van der Waals surface area contributed by atoms with E-state index in [0.717, 1.165) is 35.8 Å². The average Bonchev–Trinajstić information content (AvgIpc) is 2.47. The van der Waals surface area contributed by atoms with Crippen molar-refractivity contribution in [1.82, 2.24) is 0 Å². The molecule has 0 bridgehead atoms. The normalized spacial score (nSPS) is 19.1. The van der Waals surface area contributed by atoms with Gasteiger partial charge in [-0.25, -0.2) is 3.89 Å². The van der Waals surface area contributed by atoms with Crippen LogP contribution in [0.4, 0.5) is 0 Å². The lowest BCUT2D eigenvalue weighted by Gasteiger charge is -2.48. The summed E-state index contributed by atoms with van der Waals surface area (Å²) in [6.07, 6.45) is 2.09. The Labute approximate surface area is 119 Å². The van der Waals surface area contributed by atoms with Crippen molar-refractivity contribution in [2.75, 3.05) is 32.6 Å². The molecule has 4 heteroatoms. The van der Waals surface area contributed by atoms with Gasteiger partial charge in [-0.05, 0) is 13.8 Å². The number of rotatable bonds is 4. The molecule has 1 fully saturated rings. The summed E-state index contributed by atoms with van der Waals surface area (Å²) in [5, 5.41) is 0. The first kappa shape index (κ1) is 14.6. The van der Waals surface area contributed by atoms with Crippen molar-refractivity contribution in [2.24, 2.45) is 0 Å². The van der Waals surface area contributed by atoms with Gasteiger partial charge in [0, 0.05) is 11.8 Å². The minimum atomic E-state index is -0.440. The molecule has 3 nitrogen and oxygen atoms in total. The largest absolute Gasteiger partial charge is 0.370 e. The monoisotopic (exact) mass is 280 g/mol. The number of morpholine rings is 1. The maximum Gasteiger partial charge on any atom is 0.223 e. The van der Waals surface area contributed by atoms with Gasteiger partial charge in [-0.1, -0.05) is 30.3 Å². The summed E-state index contributed by atoms with van der Waals surface area (Å²) in [6, 6.07) is 9.60. The van der Waals surface area contributed by atoms with E-state index in [4.69, 9.17) is 4.74 Å². The number of ketones is 1. The molecule has 1 saturated heterocycles. The van der Waals surface area contributed by atoms with Crippen molar-refractivity contribution in [2.45, 2.75) is 19.4 Å². The van der Waals surface area contributed by atoms with E-state index in [1.165, 1.54) is 0 Å². The highest BCUT2D eigenvalue weighted by atomic mass is 32.2. The molecule has 19 heavy (non-hydrogen) atoms. The van der Waals surface area contributed by atoms with E-state index in [1.54, 1.807) is 11.9 Å². The fourth-order valence-electron chi connectivity index (χ4n) is 2.74. The summed E-state index contributed by atoms with van der Waals surface area (Å²) < 4.78 is 6.20. The molecule has 0 spiro atoms. The second kappa shape index (κ2) is 5.65.